The lowest BCUT2D eigenvalue weighted by Crippen LogP contribution is -2.15. The van der Waals surface area contributed by atoms with Crippen molar-refractivity contribution >= 4 is 16.4 Å². The Balaban J connectivity index is 1.43. The predicted molar refractivity (Wildman–Crippen MR) is 158 cm³/mol. The number of ether oxygens (including phenoxy) is 5. The van der Waals surface area contributed by atoms with Gasteiger partial charge in [-0.05, 0) is 52.2 Å². The summed E-state index contributed by atoms with van der Waals surface area (Å²) in [5.74, 6) is 4.25. The molecule has 7 rings (SSSR count). The number of hydrogen-bond acceptors (Lipinski definition) is 8. The van der Waals surface area contributed by atoms with Crippen molar-refractivity contribution in [2.75, 3.05) is 28.4 Å². The summed E-state index contributed by atoms with van der Waals surface area (Å²) in [7, 11) is 6.52. The summed E-state index contributed by atoms with van der Waals surface area (Å²) >= 11 is 0. The van der Waals surface area contributed by atoms with E-state index in [2.05, 4.69) is 24.3 Å². The van der Waals surface area contributed by atoms with E-state index in [1.807, 2.05) is 48.5 Å². The van der Waals surface area contributed by atoms with Gasteiger partial charge in [0.05, 0.1) is 34.0 Å². The van der Waals surface area contributed by atoms with Crippen LogP contribution in [0.2, 0.25) is 0 Å². The van der Waals surface area contributed by atoms with Crippen molar-refractivity contribution in [1.29, 1.82) is 0 Å². The van der Waals surface area contributed by atoms with Crippen molar-refractivity contribution in [3.63, 3.8) is 0 Å². The van der Waals surface area contributed by atoms with Crippen molar-refractivity contribution in [2.24, 2.45) is 0 Å². The number of aromatic nitrogens is 4. The lowest BCUT2D eigenvalue weighted by atomic mass is 9.81. The fourth-order valence-corrected chi connectivity index (χ4v) is 5.76. The van der Waals surface area contributed by atoms with E-state index in [1.165, 1.54) is 0 Å². The van der Waals surface area contributed by atoms with E-state index in [0.717, 1.165) is 38.8 Å². The van der Waals surface area contributed by atoms with Gasteiger partial charge < -0.3 is 23.7 Å². The molecule has 0 radical (unpaired) electrons. The molecule has 0 N–H and O–H groups in total. The summed E-state index contributed by atoms with van der Waals surface area (Å²) in [5.41, 5.74) is 4.53. The zero-order valence-corrected chi connectivity index (χ0v) is 23.6. The molecule has 0 saturated carbocycles. The zero-order valence-electron chi connectivity index (χ0n) is 23.6. The molecular formula is C33H28N4O5. The van der Waals surface area contributed by atoms with Crippen molar-refractivity contribution < 1.29 is 23.7 Å². The van der Waals surface area contributed by atoms with E-state index in [9.17, 15) is 0 Å². The van der Waals surface area contributed by atoms with Gasteiger partial charge >= 0.3 is 0 Å². The Morgan fingerprint density at radius 1 is 0.762 bits per heavy atom. The molecule has 1 aliphatic rings. The van der Waals surface area contributed by atoms with E-state index in [-0.39, 0.29) is 5.92 Å². The molecule has 0 spiro atoms. The molecule has 9 heteroatoms. The highest BCUT2D eigenvalue weighted by atomic mass is 16.5. The van der Waals surface area contributed by atoms with Gasteiger partial charge in [-0.25, -0.2) is 14.5 Å². The van der Waals surface area contributed by atoms with Crippen LogP contribution < -0.4 is 23.7 Å². The highest BCUT2D eigenvalue weighted by Crippen LogP contribution is 2.51. The summed E-state index contributed by atoms with van der Waals surface area (Å²) in [6.07, 6.45) is 2.15. The Labute approximate surface area is 242 Å². The first-order chi connectivity index (χ1) is 20.6. The summed E-state index contributed by atoms with van der Waals surface area (Å²) in [6, 6.07) is 24.2. The van der Waals surface area contributed by atoms with E-state index in [4.69, 9.17) is 38.8 Å². The Morgan fingerprint density at radius 2 is 1.50 bits per heavy atom. The van der Waals surface area contributed by atoms with Gasteiger partial charge in [0.2, 0.25) is 5.88 Å². The lowest BCUT2D eigenvalue weighted by molar-refractivity contribution is 0.354. The van der Waals surface area contributed by atoms with Gasteiger partial charge in [0, 0.05) is 17.9 Å². The molecular weight excluding hydrogens is 532 g/mol. The summed E-state index contributed by atoms with van der Waals surface area (Å²) in [5, 5.41) is 7.00. The van der Waals surface area contributed by atoms with E-state index in [0.29, 0.717) is 46.8 Å². The molecule has 6 aromatic rings. The first kappa shape index (κ1) is 25.6. The molecule has 0 amide bonds. The normalized spacial score (nSPS) is 13.8. The van der Waals surface area contributed by atoms with Crippen LogP contribution in [0.25, 0.3) is 16.4 Å². The van der Waals surface area contributed by atoms with E-state index >= 15 is 0 Å². The molecule has 9 nitrogen and oxygen atoms in total. The Hall–Kier alpha value is -5.31. The molecule has 4 aromatic carbocycles. The smallest absolute Gasteiger partial charge is 0.228 e. The molecule has 1 unspecified atom stereocenters. The zero-order chi connectivity index (χ0) is 28.8. The van der Waals surface area contributed by atoms with Gasteiger partial charge in [-0.2, -0.15) is 0 Å². The van der Waals surface area contributed by atoms with Crippen LogP contribution in [-0.4, -0.2) is 48.0 Å². The number of nitrogens with zero attached hydrogens (tertiary/aromatic N) is 4. The van der Waals surface area contributed by atoms with Crippen LogP contribution in [-0.2, 0) is 6.42 Å². The minimum atomic E-state index is -0.260. The third kappa shape index (κ3) is 4.13. The predicted octanol–water partition coefficient (Wildman–Crippen LogP) is 6.19. The second-order valence-corrected chi connectivity index (χ2v) is 9.97. The Bertz CT molecular complexity index is 1970. The van der Waals surface area contributed by atoms with Crippen molar-refractivity contribution in [2.45, 2.75) is 12.3 Å². The maximum Gasteiger partial charge on any atom is 0.228 e. The number of methoxy groups -OCH3 is 4. The van der Waals surface area contributed by atoms with Gasteiger partial charge in [0.25, 0.3) is 0 Å². The largest absolute Gasteiger partial charge is 0.493 e. The maximum absolute atomic E-state index is 6.45. The van der Waals surface area contributed by atoms with Gasteiger partial charge in [0.15, 0.2) is 34.5 Å². The number of hydrogen-bond donors (Lipinski definition) is 0. The van der Waals surface area contributed by atoms with Crippen LogP contribution in [0.4, 0.5) is 0 Å². The number of rotatable bonds is 7. The van der Waals surface area contributed by atoms with Crippen LogP contribution in [0.5, 0.6) is 34.6 Å². The van der Waals surface area contributed by atoms with Crippen molar-refractivity contribution in [1.82, 2.24) is 19.6 Å². The molecule has 2 aromatic heterocycles. The summed E-state index contributed by atoms with van der Waals surface area (Å²) in [6.45, 7) is 0. The lowest BCUT2D eigenvalue weighted by Gasteiger charge is -2.29. The quantitative estimate of drug-likeness (QED) is 0.228. The van der Waals surface area contributed by atoms with Gasteiger partial charge in [-0.15, -0.1) is 5.10 Å². The van der Waals surface area contributed by atoms with Gasteiger partial charge in [0.1, 0.15) is 12.1 Å². The van der Waals surface area contributed by atoms with Crippen LogP contribution in [0.15, 0.2) is 79.1 Å². The third-order valence-corrected chi connectivity index (χ3v) is 7.70. The highest BCUT2D eigenvalue weighted by Gasteiger charge is 2.35. The molecule has 1 atom stereocenters. The van der Waals surface area contributed by atoms with Crippen molar-refractivity contribution in [3.05, 3.63) is 107 Å². The molecule has 210 valence electrons. The minimum Gasteiger partial charge on any atom is -0.493 e. The molecule has 0 fully saturated rings. The van der Waals surface area contributed by atoms with Crippen LogP contribution in [0.3, 0.4) is 0 Å². The second kappa shape index (κ2) is 10.3. The first-order valence-electron chi connectivity index (χ1n) is 13.5. The topological polar surface area (TPSA) is 89.2 Å². The maximum atomic E-state index is 6.45. The highest BCUT2D eigenvalue weighted by molar-refractivity contribution is 5.91. The Morgan fingerprint density at radius 3 is 2.29 bits per heavy atom. The molecule has 0 bridgehead atoms. The summed E-state index contributed by atoms with van der Waals surface area (Å²) < 4.78 is 30.3. The van der Waals surface area contributed by atoms with Crippen molar-refractivity contribution in [3.8, 4) is 34.6 Å². The Kier molecular flexibility index (Phi) is 6.27. The standard InChI is InChI=1S/C33H28N4O5/c1-38-23-12-9-19(15-26(23)40-3)16-28-35-32-31-29(21-11-13-24(39-2)27(17-21)41-4)30-22-8-6-5-7-20(22)10-14-25(30)42-33(31)34-18-37(32)36-28/h5-15,17-18,29H,16H2,1-4H3. The first-order valence-corrected chi connectivity index (χ1v) is 13.5. The monoisotopic (exact) mass is 560 g/mol. The summed E-state index contributed by atoms with van der Waals surface area (Å²) in [4.78, 5) is 9.72. The number of benzene rings is 4. The van der Waals surface area contributed by atoms with Crippen LogP contribution >= 0.6 is 0 Å². The average Bonchev–Trinajstić information content (AvgIpc) is 3.45. The molecule has 3 heterocycles. The van der Waals surface area contributed by atoms with Gasteiger partial charge in [-0.3, -0.25) is 0 Å². The fraction of sp³-hybridized carbons (Fsp3) is 0.182. The fourth-order valence-electron chi connectivity index (χ4n) is 5.76. The molecule has 0 saturated heterocycles. The molecule has 1 aliphatic heterocycles. The van der Waals surface area contributed by atoms with E-state index < -0.39 is 0 Å². The van der Waals surface area contributed by atoms with Crippen LogP contribution in [0.1, 0.15) is 34.0 Å². The van der Waals surface area contributed by atoms with Crippen LogP contribution in [0, 0.1) is 0 Å². The SMILES string of the molecule is COc1ccc(Cc2nc3c4c(ncn3n2)Oc2ccc3ccccc3c2C4c2ccc(OC)c(OC)c2)cc1OC. The van der Waals surface area contributed by atoms with Gasteiger partial charge in [-0.1, -0.05) is 42.5 Å². The minimum absolute atomic E-state index is 0.260. The second-order valence-electron chi connectivity index (χ2n) is 9.97. The number of fused-ring (bicyclic) bond motifs is 6. The molecule has 42 heavy (non-hydrogen) atoms. The average molecular weight is 561 g/mol. The third-order valence-electron chi connectivity index (χ3n) is 7.70. The molecule has 0 aliphatic carbocycles. The van der Waals surface area contributed by atoms with E-state index in [1.54, 1.807) is 39.3 Å².